The Morgan fingerprint density at radius 3 is 2.61 bits per heavy atom. The lowest BCUT2D eigenvalue weighted by Gasteiger charge is -2.12. The number of thioether (sulfide) groups is 1. The van der Waals surface area contributed by atoms with Crippen molar-refractivity contribution in [2.75, 3.05) is 11.6 Å². The van der Waals surface area contributed by atoms with Gasteiger partial charge in [0.05, 0.1) is 5.39 Å². The molecular formula is C22H26N4OS. The molecule has 0 radical (unpaired) electrons. The van der Waals surface area contributed by atoms with E-state index in [1.807, 2.05) is 55.8 Å². The van der Waals surface area contributed by atoms with Gasteiger partial charge in [0.15, 0.2) is 5.82 Å². The molecule has 0 unspecified atom stereocenters. The number of rotatable bonds is 7. The first-order valence-corrected chi connectivity index (χ1v) is 10.8. The van der Waals surface area contributed by atoms with Crippen LogP contribution in [0.5, 0.6) is 0 Å². The minimum absolute atomic E-state index is 0.0298. The number of hydrogen-bond acceptors (Lipinski definition) is 5. The van der Waals surface area contributed by atoms with Crippen LogP contribution in [0.25, 0.3) is 10.8 Å². The number of nitrogens with zero attached hydrogens (tertiary/aromatic N) is 3. The molecule has 3 aromatic rings. The molecule has 6 heteroatoms. The number of aryl methyl sites for hydroxylation is 1. The van der Waals surface area contributed by atoms with Crippen LogP contribution in [0.1, 0.15) is 33.6 Å². The van der Waals surface area contributed by atoms with Crippen molar-refractivity contribution in [2.24, 2.45) is 4.99 Å². The van der Waals surface area contributed by atoms with E-state index in [9.17, 15) is 4.79 Å². The molecule has 0 bridgehead atoms. The summed E-state index contributed by atoms with van der Waals surface area (Å²) in [4.78, 5) is 23.5. The molecule has 0 aliphatic rings. The highest BCUT2D eigenvalue weighted by atomic mass is 32.2. The molecule has 1 N–H and O–H groups in total. The fourth-order valence-corrected chi connectivity index (χ4v) is 3.35. The van der Waals surface area contributed by atoms with Gasteiger partial charge in [-0.2, -0.15) is 0 Å². The second-order valence-corrected chi connectivity index (χ2v) is 7.54. The van der Waals surface area contributed by atoms with Crippen molar-refractivity contribution in [1.29, 1.82) is 0 Å². The van der Waals surface area contributed by atoms with Crippen molar-refractivity contribution in [3.8, 4) is 0 Å². The molecule has 146 valence electrons. The van der Waals surface area contributed by atoms with E-state index >= 15 is 0 Å². The molecule has 28 heavy (non-hydrogen) atoms. The maximum atomic E-state index is 13.1. The number of nitrogens with one attached hydrogen (secondary N) is 1. The van der Waals surface area contributed by atoms with Gasteiger partial charge in [0.2, 0.25) is 0 Å². The van der Waals surface area contributed by atoms with Gasteiger partial charge in [-0.1, -0.05) is 13.8 Å². The van der Waals surface area contributed by atoms with E-state index in [4.69, 9.17) is 0 Å². The molecule has 0 atom stereocenters. The molecule has 0 spiro atoms. The summed E-state index contributed by atoms with van der Waals surface area (Å²) in [5, 5.41) is 4.78. The average Bonchev–Trinajstić information content (AvgIpc) is 2.70. The van der Waals surface area contributed by atoms with E-state index in [0.717, 1.165) is 29.6 Å². The van der Waals surface area contributed by atoms with Gasteiger partial charge >= 0.3 is 0 Å². The molecule has 1 aromatic carbocycles. The van der Waals surface area contributed by atoms with Crippen LogP contribution >= 0.6 is 11.8 Å². The third-order valence-corrected chi connectivity index (χ3v) is 5.32. The van der Waals surface area contributed by atoms with Gasteiger partial charge in [-0.25, -0.2) is 9.98 Å². The van der Waals surface area contributed by atoms with Crippen LogP contribution < -0.4 is 10.9 Å². The Labute approximate surface area is 169 Å². The molecule has 0 aliphatic carbocycles. The van der Waals surface area contributed by atoms with E-state index in [1.165, 1.54) is 4.90 Å². The van der Waals surface area contributed by atoms with E-state index in [2.05, 4.69) is 29.1 Å². The van der Waals surface area contributed by atoms with Gasteiger partial charge in [0.1, 0.15) is 5.82 Å². The Hall–Kier alpha value is -2.60. The van der Waals surface area contributed by atoms with Crippen LogP contribution in [0.4, 0.5) is 17.3 Å². The normalized spacial score (nSPS) is 11.8. The van der Waals surface area contributed by atoms with Gasteiger partial charge in [0.25, 0.3) is 5.56 Å². The summed E-state index contributed by atoms with van der Waals surface area (Å²) in [5.74, 6) is 1.16. The van der Waals surface area contributed by atoms with Crippen molar-refractivity contribution < 1.29 is 0 Å². The van der Waals surface area contributed by atoms with Gasteiger partial charge in [-0.3, -0.25) is 4.79 Å². The van der Waals surface area contributed by atoms with Gasteiger partial charge in [-0.05, 0) is 67.8 Å². The minimum Gasteiger partial charge on any atom is -0.339 e. The first-order chi connectivity index (χ1) is 13.5. The monoisotopic (exact) mass is 394 g/mol. The Morgan fingerprint density at radius 2 is 1.96 bits per heavy atom. The zero-order valence-corrected chi connectivity index (χ0v) is 17.6. The highest BCUT2D eigenvalue weighted by Crippen LogP contribution is 2.27. The van der Waals surface area contributed by atoms with E-state index in [1.54, 1.807) is 16.3 Å². The SMILES string of the molecule is CCCn1ccc2cc(N=C(C)CC)nc(Nc3ccc(SC)cc3)c2c1=O. The summed E-state index contributed by atoms with van der Waals surface area (Å²) in [7, 11) is 0. The molecule has 0 amide bonds. The van der Waals surface area contributed by atoms with Gasteiger partial charge < -0.3 is 9.88 Å². The predicted molar refractivity (Wildman–Crippen MR) is 121 cm³/mol. The number of pyridine rings is 2. The van der Waals surface area contributed by atoms with Crippen molar-refractivity contribution >= 4 is 45.6 Å². The van der Waals surface area contributed by atoms with Crippen LogP contribution in [0.15, 0.2) is 57.3 Å². The second kappa shape index (κ2) is 9.06. The molecule has 2 heterocycles. The molecule has 0 fully saturated rings. The summed E-state index contributed by atoms with van der Waals surface area (Å²) < 4.78 is 1.74. The number of fused-ring (bicyclic) bond motifs is 1. The number of anilines is 2. The maximum Gasteiger partial charge on any atom is 0.262 e. The average molecular weight is 395 g/mol. The summed E-state index contributed by atoms with van der Waals surface area (Å²) in [6, 6.07) is 12.0. The first-order valence-electron chi connectivity index (χ1n) is 9.55. The summed E-state index contributed by atoms with van der Waals surface area (Å²) in [6.45, 7) is 6.80. The van der Waals surface area contributed by atoms with Crippen LogP contribution in [-0.4, -0.2) is 21.5 Å². The molecule has 0 saturated heterocycles. The third-order valence-electron chi connectivity index (χ3n) is 4.58. The lowest BCUT2D eigenvalue weighted by atomic mass is 10.2. The fourth-order valence-electron chi connectivity index (χ4n) is 2.94. The van der Waals surface area contributed by atoms with E-state index in [0.29, 0.717) is 23.6 Å². The predicted octanol–water partition coefficient (Wildman–Crippen LogP) is 5.77. The molecule has 2 aromatic heterocycles. The quantitative estimate of drug-likeness (QED) is 0.408. The highest BCUT2D eigenvalue weighted by molar-refractivity contribution is 7.98. The van der Waals surface area contributed by atoms with E-state index in [-0.39, 0.29) is 5.56 Å². The Balaban J connectivity index is 2.16. The van der Waals surface area contributed by atoms with Crippen LogP contribution in [0.3, 0.4) is 0 Å². The van der Waals surface area contributed by atoms with Crippen molar-refractivity contribution in [2.45, 2.75) is 45.1 Å². The Morgan fingerprint density at radius 1 is 1.21 bits per heavy atom. The molecular weight excluding hydrogens is 368 g/mol. The fraction of sp³-hybridized carbons (Fsp3) is 0.318. The summed E-state index contributed by atoms with van der Waals surface area (Å²) in [5.41, 5.74) is 1.87. The number of hydrogen-bond donors (Lipinski definition) is 1. The highest BCUT2D eigenvalue weighted by Gasteiger charge is 2.12. The molecule has 0 aliphatic heterocycles. The third kappa shape index (κ3) is 4.44. The molecule has 3 rings (SSSR count). The first kappa shape index (κ1) is 20.1. The number of aromatic nitrogens is 2. The Kier molecular flexibility index (Phi) is 6.52. The number of benzene rings is 1. The van der Waals surface area contributed by atoms with Crippen molar-refractivity contribution in [3.05, 3.63) is 52.9 Å². The van der Waals surface area contributed by atoms with Crippen LogP contribution in [0, 0.1) is 0 Å². The minimum atomic E-state index is -0.0298. The van der Waals surface area contributed by atoms with Crippen molar-refractivity contribution in [3.63, 3.8) is 0 Å². The molecule has 0 saturated carbocycles. The summed E-state index contributed by atoms with van der Waals surface area (Å²) in [6.07, 6.45) is 5.66. The lowest BCUT2D eigenvalue weighted by Crippen LogP contribution is -2.20. The van der Waals surface area contributed by atoms with Gasteiger partial charge in [-0.15, -0.1) is 11.8 Å². The van der Waals surface area contributed by atoms with Crippen LogP contribution in [-0.2, 0) is 6.54 Å². The van der Waals surface area contributed by atoms with Crippen LogP contribution in [0.2, 0.25) is 0 Å². The maximum absolute atomic E-state index is 13.1. The topological polar surface area (TPSA) is 59.3 Å². The number of aliphatic imine (C=N–C) groups is 1. The second-order valence-electron chi connectivity index (χ2n) is 6.66. The van der Waals surface area contributed by atoms with Gasteiger partial charge in [0, 0.05) is 29.0 Å². The lowest BCUT2D eigenvalue weighted by molar-refractivity contribution is 0.659. The Bertz CT molecular complexity index is 1050. The van der Waals surface area contributed by atoms with Crippen molar-refractivity contribution in [1.82, 2.24) is 9.55 Å². The standard InChI is InChI=1S/C22H26N4OS/c1-5-12-26-13-11-16-14-19(23-15(3)6-2)25-21(20(16)22(26)27)24-17-7-9-18(28-4)10-8-17/h7-11,13-14H,5-6,12H2,1-4H3,(H,24,25). The zero-order chi connectivity index (χ0) is 20.1. The smallest absolute Gasteiger partial charge is 0.262 e. The summed E-state index contributed by atoms with van der Waals surface area (Å²) >= 11 is 1.69. The van der Waals surface area contributed by atoms with E-state index < -0.39 is 0 Å². The molecule has 5 nitrogen and oxygen atoms in total. The largest absolute Gasteiger partial charge is 0.339 e. The zero-order valence-electron chi connectivity index (χ0n) is 16.8.